The minimum atomic E-state index is -0.400. The molecule has 4 nitrogen and oxygen atoms in total. The van der Waals surface area contributed by atoms with Crippen LogP contribution >= 0.6 is 0 Å². The number of hydrogen-bond acceptors (Lipinski definition) is 3. The molecule has 0 spiro atoms. The standard InChI is InChI=1S/C8H12N2O2/c9-6-7-2-1-3-8(5-4-7)10(11)12/h7-8H,1-5H2. The van der Waals surface area contributed by atoms with Crippen molar-refractivity contribution in [3.63, 3.8) is 0 Å². The Morgan fingerprint density at radius 3 is 2.67 bits per heavy atom. The second-order valence-electron chi connectivity index (χ2n) is 3.27. The Hall–Kier alpha value is -1.11. The van der Waals surface area contributed by atoms with E-state index in [0.29, 0.717) is 19.3 Å². The molecule has 1 rings (SSSR count). The lowest BCUT2D eigenvalue weighted by Crippen LogP contribution is -2.17. The topological polar surface area (TPSA) is 66.9 Å². The van der Waals surface area contributed by atoms with Crippen LogP contribution < -0.4 is 0 Å². The predicted molar refractivity (Wildman–Crippen MR) is 43.0 cm³/mol. The summed E-state index contributed by atoms with van der Waals surface area (Å²) in [4.78, 5) is 10.2. The number of nitro groups is 1. The van der Waals surface area contributed by atoms with Crippen molar-refractivity contribution in [1.29, 1.82) is 5.26 Å². The Labute approximate surface area is 71.3 Å². The molecule has 0 aromatic heterocycles. The fourth-order valence-corrected chi connectivity index (χ4v) is 1.62. The minimum absolute atomic E-state index is 0.0509. The van der Waals surface area contributed by atoms with Gasteiger partial charge in [-0.25, -0.2) is 0 Å². The molecule has 1 aliphatic carbocycles. The van der Waals surface area contributed by atoms with E-state index in [-0.39, 0.29) is 10.8 Å². The molecule has 0 radical (unpaired) electrons. The van der Waals surface area contributed by atoms with Gasteiger partial charge in [0.2, 0.25) is 6.04 Å². The Kier molecular flexibility index (Phi) is 3.03. The van der Waals surface area contributed by atoms with E-state index in [2.05, 4.69) is 6.07 Å². The van der Waals surface area contributed by atoms with Crippen molar-refractivity contribution in [1.82, 2.24) is 0 Å². The first-order valence-electron chi connectivity index (χ1n) is 4.27. The Bertz CT molecular complexity index is 210. The van der Waals surface area contributed by atoms with Crippen LogP contribution in [0.3, 0.4) is 0 Å². The molecule has 0 bridgehead atoms. The number of nitrogens with zero attached hydrogens (tertiary/aromatic N) is 2. The van der Waals surface area contributed by atoms with E-state index >= 15 is 0 Å². The summed E-state index contributed by atoms with van der Waals surface area (Å²) in [6, 6.07) is 1.78. The van der Waals surface area contributed by atoms with Gasteiger partial charge in [0.15, 0.2) is 0 Å². The average Bonchev–Trinajstić information content (AvgIpc) is 2.28. The van der Waals surface area contributed by atoms with Crippen LogP contribution in [0.4, 0.5) is 0 Å². The van der Waals surface area contributed by atoms with Crippen molar-refractivity contribution >= 4 is 0 Å². The van der Waals surface area contributed by atoms with Crippen LogP contribution in [-0.4, -0.2) is 11.0 Å². The summed E-state index contributed by atoms with van der Waals surface area (Å²) in [5.41, 5.74) is 0. The molecule has 4 heteroatoms. The molecule has 0 saturated heterocycles. The molecule has 1 fully saturated rings. The summed E-state index contributed by atoms with van der Waals surface area (Å²) >= 11 is 0. The highest BCUT2D eigenvalue weighted by atomic mass is 16.6. The van der Waals surface area contributed by atoms with Crippen LogP contribution in [0, 0.1) is 27.4 Å². The molecule has 0 aliphatic heterocycles. The minimum Gasteiger partial charge on any atom is -0.264 e. The van der Waals surface area contributed by atoms with Gasteiger partial charge in [0.1, 0.15) is 0 Å². The number of nitriles is 1. The molecule has 1 aliphatic rings. The highest BCUT2D eigenvalue weighted by Crippen LogP contribution is 2.23. The zero-order valence-corrected chi connectivity index (χ0v) is 6.90. The van der Waals surface area contributed by atoms with E-state index in [9.17, 15) is 10.1 Å². The lowest BCUT2D eigenvalue weighted by molar-refractivity contribution is -0.524. The Morgan fingerprint density at radius 1 is 1.33 bits per heavy atom. The van der Waals surface area contributed by atoms with Gasteiger partial charge in [-0.15, -0.1) is 0 Å². The zero-order chi connectivity index (χ0) is 8.97. The fraction of sp³-hybridized carbons (Fsp3) is 0.875. The van der Waals surface area contributed by atoms with Gasteiger partial charge in [0.05, 0.1) is 6.07 Å². The normalized spacial score (nSPS) is 30.2. The van der Waals surface area contributed by atoms with Crippen molar-refractivity contribution in [2.75, 3.05) is 0 Å². The second-order valence-corrected chi connectivity index (χ2v) is 3.27. The highest BCUT2D eigenvalue weighted by Gasteiger charge is 2.25. The summed E-state index contributed by atoms with van der Waals surface area (Å²) in [7, 11) is 0. The quantitative estimate of drug-likeness (QED) is 0.340. The van der Waals surface area contributed by atoms with E-state index in [1.54, 1.807) is 0 Å². The molecule has 12 heavy (non-hydrogen) atoms. The van der Waals surface area contributed by atoms with Crippen molar-refractivity contribution in [3.8, 4) is 6.07 Å². The smallest absolute Gasteiger partial charge is 0.213 e. The van der Waals surface area contributed by atoms with Crippen LogP contribution in [0.15, 0.2) is 0 Å². The first-order chi connectivity index (χ1) is 5.74. The highest BCUT2D eigenvalue weighted by molar-refractivity contribution is 4.85. The molecule has 0 amide bonds. The Balaban J connectivity index is 2.45. The maximum Gasteiger partial charge on any atom is 0.213 e. The molecule has 0 aromatic carbocycles. The summed E-state index contributed by atoms with van der Waals surface area (Å²) in [6.45, 7) is 0. The van der Waals surface area contributed by atoms with E-state index in [1.807, 2.05) is 0 Å². The van der Waals surface area contributed by atoms with Crippen molar-refractivity contribution in [3.05, 3.63) is 10.1 Å². The third-order valence-corrected chi connectivity index (χ3v) is 2.42. The fourth-order valence-electron chi connectivity index (χ4n) is 1.62. The van der Waals surface area contributed by atoms with E-state index in [1.165, 1.54) is 0 Å². The van der Waals surface area contributed by atoms with Crippen molar-refractivity contribution < 1.29 is 4.92 Å². The summed E-state index contributed by atoms with van der Waals surface area (Å²) in [5.74, 6) is 0.0509. The molecule has 2 atom stereocenters. The van der Waals surface area contributed by atoms with Crippen LogP contribution in [-0.2, 0) is 0 Å². The average molecular weight is 168 g/mol. The third-order valence-electron chi connectivity index (χ3n) is 2.42. The first-order valence-corrected chi connectivity index (χ1v) is 4.27. The molecule has 0 N–H and O–H groups in total. The largest absolute Gasteiger partial charge is 0.264 e. The monoisotopic (exact) mass is 168 g/mol. The molecule has 0 aromatic rings. The lowest BCUT2D eigenvalue weighted by Gasteiger charge is -2.03. The number of rotatable bonds is 1. The molecule has 2 unspecified atom stereocenters. The van der Waals surface area contributed by atoms with Gasteiger partial charge in [-0.3, -0.25) is 10.1 Å². The van der Waals surface area contributed by atoms with Gasteiger partial charge in [-0.2, -0.15) is 5.26 Å². The predicted octanol–water partition coefficient (Wildman–Crippen LogP) is 1.74. The molecule has 1 saturated carbocycles. The van der Waals surface area contributed by atoms with Crippen LogP contribution in [0.5, 0.6) is 0 Å². The van der Waals surface area contributed by atoms with Gasteiger partial charge in [0, 0.05) is 23.7 Å². The third kappa shape index (κ3) is 2.19. The van der Waals surface area contributed by atoms with Crippen LogP contribution in [0.2, 0.25) is 0 Å². The molecular weight excluding hydrogens is 156 g/mol. The van der Waals surface area contributed by atoms with Crippen LogP contribution in [0.25, 0.3) is 0 Å². The Morgan fingerprint density at radius 2 is 2.08 bits per heavy atom. The van der Waals surface area contributed by atoms with Gasteiger partial charge in [-0.1, -0.05) is 0 Å². The van der Waals surface area contributed by atoms with Crippen molar-refractivity contribution in [2.24, 2.45) is 5.92 Å². The first kappa shape index (κ1) is 8.98. The van der Waals surface area contributed by atoms with Gasteiger partial charge < -0.3 is 0 Å². The van der Waals surface area contributed by atoms with Gasteiger partial charge >= 0.3 is 0 Å². The maximum atomic E-state index is 10.4. The molecular formula is C8H12N2O2. The second kappa shape index (κ2) is 4.05. The summed E-state index contributed by atoms with van der Waals surface area (Å²) in [5, 5.41) is 19.0. The molecule has 0 heterocycles. The summed E-state index contributed by atoms with van der Waals surface area (Å²) in [6.07, 6.45) is 3.57. The SMILES string of the molecule is N#CC1CCCC([N+](=O)[O-])CC1. The zero-order valence-electron chi connectivity index (χ0n) is 6.90. The molecule has 66 valence electrons. The van der Waals surface area contributed by atoms with Crippen LogP contribution in [0.1, 0.15) is 32.1 Å². The van der Waals surface area contributed by atoms with E-state index in [4.69, 9.17) is 5.26 Å². The van der Waals surface area contributed by atoms with Crippen molar-refractivity contribution in [2.45, 2.75) is 38.1 Å². The van der Waals surface area contributed by atoms with Gasteiger partial charge in [-0.05, 0) is 19.3 Å². The van der Waals surface area contributed by atoms with E-state index < -0.39 is 6.04 Å². The summed E-state index contributed by atoms with van der Waals surface area (Å²) < 4.78 is 0. The lowest BCUT2D eigenvalue weighted by atomic mass is 10.0. The van der Waals surface area contributed by atoms with Gasteiger partial charge in [0.25, 0.3) is 0 Å². The maximum absolute atomic E-state index is 10.4. The number of hydrogen-bond donors (Lipinski definition) is 0. The van der Waals surface area contributed by atoms with E-state index in [0.717, 1.165) is 12.8 Å².